The van der Waals surface area contributed by atoms with Gasteiger partial charge in [-0.2, -0.15) is 8.42 Å². The fourth-order valence-corrected chi connectivity index (χ4v) is 4.43. The molecule has 24 heavy (non-hydrogen) atoms. The molecule has 0 saturated carbocycles. The van der Waals surface area contributed by atoms with Crippen molar-refractivity contribution in [2.75, 3.05) is 0 Å². The van der Waals surface area contributed by atoms with Gasteiger partial charge in [0, 0.05) is 22.7 Å². The Bertz CT molecular complexity index is 1020. The molecule has 0 N–H and O–H groups in total. The second kappa shape index (κ2) is 6.07. The van der Waals surface area contributed by atoms with Crippen LogP contribution in [0.2, 0.25) is 5.02 Å². The second-order valence-corrected chi connectivity index (χ2v) is 7.66. The van der Waals surface area contributed by atoms with E-state index >= 15 is 0 Å². The number of nitrogens with zero attached hydrogens (tertiary/aromatic N) is 1. The van der Waals surface area contributed by atoms with Gasteiger partial charge in [-0.3, -0.25) is 4.98 Å². The van der Waals surface area contributed by atoms with Crippen molar-refractivity contribution in [3.8, 4) is 5.75 Å². The fourth-order valence-electron chi connectivity index (χ4n) is 2.89. The van der Waals surface area contributed by atoms with Crippen molar-refractivity contribution in [3.63, 3.8) is 0 Å². The van der Waals surface area contributed by atoms with Crippen molar-refractivity contribution in [2.24, 2.45) is 0 Å². The summed E-state index contributed by atoms with van der Waals surface area (Å²) in [7, 11) is -3.95. The van der Waals surface area contributed by atoms with Crippen LogP contribution in [0.25, 0.3) is 10.9 Å². The molecule has 0 bridgehead atoms. The first-order valence-corrected chi connectivity index (χ1v) is 9.13. The Morgan fingerprint density at radius 1 is 1.00 bits per heavy atom. The van der Waals surface area contributed by atoms with Crippen LogP contribution < -0.4 is 4.18 Å². The number of halogens is 1. The topological polar surface area (TPSA) is 56.3 Å². The number of fused-ring (bicyclic) bond motifs is 1. The summed E-state index contributed by atoms with van der Waals surface area (Å²) in [6.07, 6.45) is 1.50. The van der Waals surface area contributed by atoms with Crippen LogP contribution in [-0.2, 0) is 10.1 Å². The van der Waals surface area contributed by atoms with E-state index < -0.39 is 10.1 Å². The molecule has 3 rings (SSSR count). The second-order valence-electron chi connectivity index (χ2n) is 5.74. The molecule has 2 aromatic carbocycles. The van der Waals surface area contributed by atoms with Gasteiger partial charge in [0.2, 0.25) is 0 Å². The van der Waals surface area contributed by atoms with Gasteiger partial charge < -0.3 is 4.18 Å². The lowest BCUT2D eigenvalue weighted by Gasteiger charge is -2.14. The average Bonchev–Trinajstić information content (AvgIpc) is 2.45. The molecule has 1 aromatic heterocycles. The quantitative estimate of drug-likeness (QED) is 0.640. The van der Waals surface area contributed by atoms with E-state index in [0.29, 0.717) is 27.1 Å². The van der Waals surface area contributed by atoms with Crippen molar-refractivity contribution in [3.05, 3.63) is 64.3 Å². The summed E-state index contributed by atoms with van der Waals surface area (Å²) in [5.41, 5.74) is 2.91. The van der Waals surface area contributed by atoms with Crippen LogP contribution in [0, 0.1) is 20.8 Å². The summed E-state index contributed by atoms with van der Waals surface area (Å²) in [4.78, 5) is 4.39. The summed E-state index contributed by atoms with van der Waals surface area (Å²) in [5.74, 6) is 0.232. The standard InChI is InChI=1S/C18H16ClNO3S/c1-11-8-12(2)18(13(3)9-11)24(21,22)23-17-6-7-20-16-10-14(19)4-5-15(16)17/h4-10H,1-3H3. The summed E-state index contributed by atoms with van der Waals surface area (Å²) >= 11 is 5.96. The molecule has 0 radical (unpaired) electrons. The number of pyridine rings is 1. The highest BCUT2D eigenvalue weighted by atomic mass is 35.5. The smallest absolute Gasteiger partial charge is 0.339 e. The Labute approximate surface area is 146 Å². The number of hydrogen-bond donors (Lipinski definition) is 0. The number of rotatable bonds is 3. The van der Waals surface area contributed by atoms with Gasteiger partial charge in [-0.05, 0) is 50.1 Å². The third-order valence-corrected chi connectivity index (χ3v) is 5.50. The predicted molar refractivity (Wildman–Crippen MR) is 95.2 cm³/mol. The van der Waals surface area contributed by atoms with Crippen LogP contribution in [0.15, 0.2) is 47.5 Å². The molecule has 0 spiro atoms. The lowest BCUT2D eigenvalue weighted by Crippen LogP contribution is -2.13. The Balaban J connectivity index is 2.11. The summed E-state index contributed by atoms with van der Waals surface area (Å²) in [5, 5.41) is 1.12. The fraction of sp³-hybridized carbons (Fsp3) is 0.167. The average molecular weight is 362 g/mol. The molecule has 6 heteroatoms. The van der Waals surface area contributed by atoms with Gasteiger partial charge in [-0.1, -0.05) is 29.3 Å². The first kappa shape index (κ1) is 16.7. The third kappa shape index (κ3) is 3.09. The maximum absolute atomic E-state index is 12.8. The molecule has 3 aromatic rings. The van der Waals surface area contributed by atoms with Crippen molar-refractivity contribution in [1.29, 1.82) is 0 Å². The molecule has 0 aliphatic carbocycles. The molecule has 1 heterocycles. The van der Waals surface area contributed by atoms with Gasteiger partial charge >= 0.3 is 10.1 Å². The molecule has 124 valence electrons. The van der Waals surface area contributed by atoms with Crippen molar-refractivity contribution < 1.29 is 12.6 Å². The van der Waals surface area contributed by atoms with E-state index in [1.54, 1.807) is 32.0 Å². The molecular weight excluding hydrogens is 346 g/mol. The van der Waals surface area contributed by atoms with E-state index in [0.717, 1.165) is 5.56 Å². The number of hydrogen-bond acceptors (Lipinski definition) is 4. The first-order chi connectivity index (χ1) is 11.3. The molecule has 0 saturated heterocycles. The number of aromatic nitrogens is 1. The summed E-state index contributed by atoms with van der Waals surface area (Å²) in [6, 6.07) is 10.2. The van der Waals surface area contributed by atoms with Gasteiger partial charge in [0.05, 0.1) is 5.52 Å². The Morgan fingerprint density at radius 2 is 1.67 bits per heavy atom. The highest BCUT2D eigenvalue weighted by molar-refractivity contribution is 7.87. The van der Waals surface area contributed by atoms with Crippen molar-refractivity contribution >= 4 is 32.6 Å². The van der Waals surface area contributed by atoms with Crippen LogP contribution in [0.1, 0.15) is 16.7 Å². The lowest BCUT2D eigenvalue weighted by atomic mass is 10.1. The minimum atomic E-state index is -3.95. The molecule has 0 atom stereocenters. The van der Waals surface area contributed by atoms with E-state index in [1.807, 2.05) is 19.1 Å². The van der Waals surface area contributed by atoms with Crippen molar-refractivity contribution in [1.82, 2.24) is 4.98 Å². The first-order valence-electron chi connectivity index (χ1n) is 7.34. The molecule has 0 aliphatic rings. The van der Waals surface area contributed by atoms with E-state index in [4.69, 9.17) is 15.8 Å². The van der Waals surface area contributed by atoms with E-state index in [2.05, 4.69) is 4.98 Å². The van der Waals surface area contributed by atoms with E-state index in [9.17, 15) is 8.42 Å². The SMILES string of the molecule is Cc1cc(C)c(S(=O)(=O)Oc2ccnc3cc(Cl)ccc23)c(C)c1. The summed E-state index contributed by atoms with van der Waals surface area (Å²) in [6.45, 7) is 5.46. The van der Waals surface area contributed by atoms with Gasteiger partial charge in [0.1, 0.15) is 4.90 Å². The molecule has 0 fully saturated rings. The molecular formula is C18H16ClNO3S. The van der Waals surface area contributed by atoms with Crippen LogP contribution >= 0.6 is 11.6 Å². The van der Waals surface area contributed by atoms with Gasteiger partial charge in [0.15, 0.2) is 5.75 Å². The number of benzene rings is 2. The zero-order valence-electron chi connectivity index (χ0n) is 13.5. The van der Waals surface area contributed by atoms with Crippen molar-refractivity contribution in [2.45, 2.75) is 25.7 Å². The van der Waals surface area contributed by atoms with Gasteiger partial charge in [-0.25, -0.2) is 0 Å². The molecule has 0 aliphatic heterocycles. The molecule has 4 nitrogen and oxygen atoms in total. The monoisotopic (exact) mass is 361 g/mol. The Hall–Kier alpha value is -2.11. The highest BCUT2D eigenvalue weighted by Gasteiger charge is 2.23. The highest BCUT2D eigenvalue weighted by Crippen LogP contribution is 2.30. The molecule has 0 unspecified atom stereocenters. The minimum Gasteiger partial charge on any atom is -0.378 e. The van der Waals surface area contributed by atoms with Crippen LogP contribution in [0.3, 0.4) is 0 Å². The Morgan fingerprint density at radius 3 is 2.33 bits per heavy atom. The predicted octanol–water partition coefficient (Wildman–Crippen LogP) is 4.58. The van der Waals surface area contributed by atoms with Gasteiger partial charge in [0.25, 0.3) is 0 Å². The normalized spacial score (nSPS) is 11.7. The van der Waals surface area contributed by atoms with E-state index in [1.165, 1.54) is 12.3 Å². The maximum atomic E-state index is 12.8. The molecule has 0 amide bonds. The maximum Gasteiger partial charge on any atom is 0.339 e. The van der Waals surface area contributed by atoms with Crippen LogP contribution in [-0.4, -0.2) is 13.4 Å². The van der Waals surface area contributed by atoms with Gasteiger partial charge in [-0.15, -0.1) is 0 Å². The minimum absolute atomic E-state index is 0.201. The zero-order valence-corrected chi connectivity index (χ0v) is 15.1. The largest absolute Gasteiger partial charge is 0.378 e. The third-order valence-electron chi connectivity index (χ3n) is 3.72. The lowest BCUT2D eigenvalue weighted by molar-refractivity contribution is 0.487. The summed E-state index contributed by atoms with van der Waals surface area (Å²) < 4.78 is 31.0. The zero-order chi connectivity index (χ0) is 17.5. The Kier molecular flexibility index (Phi) is 4.24. The number of aryl methyl sites for hydroxylation is 3. The van der Waals surface area contributed by atoms with E-state index in [-0.39, 0.29) is 10.6 Å². The van der Waals surface area contributed by atoms with Crippen LogP contribution in [0.4, 0.5) is 0 Å². The van der Waals surface area contributed by atoms with Crippen LogP contribution in [0.5, 0.6) is 5.75 Å².